The van der Waals surface area contributed by atoms with Crippen molar-refractivity contribution in [1.82, 2.24) is 20.1 Å². The van der Waals surface area contributed by atoms with Gasteiger partial charge >= 0.3 is 0 Å². The molecule has 1 saturated carbocycles. The van der Waals surface area contributed by atoms with Gasteiger partial charge in [-0.15, -0.1) is 0 Å². The standard InChI is InChI=1S/C12H14N4O2/c1-13-11(17)7-5-8(6-3-4-6)14-10-9(7)12(18)15-16(10)2/h5-6H,3-4H2,1-2H3,(H,13,17)(H,15,18). The molecule has 18 heavy (non-hydrogen) atoms. The van der Waals surface area contributed by atoms with Crippen molar-refractivity contribution in [3.05, 3.63) is 27.7 Å². The Morgan fingerprint density at radius 3 is 2.89 bits per heavy atom. The van der Waals surface area contributed by atoms with Gasteiger partial charge in [-0.25, -0.2) is 4.98 Å². The molecule has 6 nitrogen and oxygen atoms in total. The average Bonchev–Trinajstić information content (AvgIpc) is 3.16. The van der Waals surface area contributed by atoms with Crippen molar-refractivity contribution in [2.75, 3.05) is 7.05 Å². The van der Waals surface area contributed by atoms with E-state index >= 15 is 0 Å². The Labute approximate surface area is 103 Å². The lowest BCUT2D eigenvalue weighted by Gasteiger charge is -2.05. The molecule has 0 aromatic carbocycles. The molecule has 6 heteroatoms. The first-order valence-electron chi connectivity index (χ1n) is 5.93. The normalized spacial score (nSPS) is 15.0. The van der Waals surface area contributed by atoms with Crippen LogP contribution in [0.5, 0.6) is 0 Å². The number of nitrogens with one attached hydrogen (secondary N) is 2. The van der Waals surface area contributed by atoms with E-state index in [1.54, 1.807) is 24.8 Å². The molecule has 1 aliphatic rings. The SMILES string of the molecule is CNC(=O)c1cc(C2CC2)nc2c1c(=O)[nH]n2C. The first kappa shape index (κ1) is 11.0. The number of carbonyl (C=O) groups excluding carboxylic acids is 1. The molecule has 0 unspecified atom stereocenters. The van der Waals surface area contributed by atoms with Gasteiger partial charge in [0.15, 0.2) is 5.65 Å². The van der Waals surface area contributed by atoms with Crippen LogP contribution in [-0.4, -0.2) is 27.7 Å². The topological polar surface area (TPSA) is 79.8 Å². The maximum absolute atomic E-state index is 11.9. The van der Waals surface area contributed by atoms with Crippen LogP contribution in [0.15, 0.2) is 10.9 Å². The van der Waals surface area contributed by atoms with Crippen molar-refractivity contribution in [3.63, 3.8) is 0 Å². The molecule has 1 fully saturated rings. The molecule has 3 rings (SSSR count). The summed E-state index contributed by atoms with van der Waals surface area (Å²) >= 11 is 0. The Morgan fingerprint density at radius 2 is 2.28 bits per heavy atom. The predicted molar refractivity (Wildman–Crippen MR) is 66.7 cm³/mol. The van der Waals surface area contributed by atoms with Gasteiger partial charge in [-0.1, -0.05) is 0 Å². The highest BCUT2D eigenvalue weighted by Gasteiger charge is 2.28. The Bertz CT molecular complexity index is 694. The summed E-state index contributed by atoms with van der Waals surface area (Å²) in [4.78, 5) is 28.2. The number of hydrogen-bond acceptors (Lipinski definition) is 3. The molecule has 94 valence electrons. The average molecular weight is 246 g/mol. The molecule has 1 amide bonds. The van der Waals surface area contributed by atoms with Crippen molar-refractivity contribution in [2.24, 2.45) is 7.05 Å². The number of aromatic amines is 1. The maximum Gasteiger partial charge on any atom is 0.274 e. The highest BCUT2D eigenvalue weighted by molar-refractivity contribution is 6.05. The number of carbonyl (C=O) groups is 1. The fourth-order valence-electron chi connectivity index (χ4n) is 2.18. The molecule has 2 heterocycles. The minimum atomic E-state index is -0.277. The molecule has 0 spiro atoms. The fourth-order valence-corrected chi connectivity index (χ4v) is 2.18. The van der Waals surface area contributed by atoms with E-state index in [0.717, 1.165) is 18.5 Å². The van der Waals surface area contributed by atoms with E-state index < -0.39 is 0 Å². The van der Waals surface area contributed by atoms with Crippen molar-refractivity contribution in [1.29, 1.82) is 0 Å². The summed E-state index contributed by atoms with van der Waals surface area (Å²) in [5, 5.41) is 5.57. The first-order chi connectivity index (χ1) is 8.61. The molecule has 0 aliphatic heterocycles. The van der Waals surface area contributed by atoms with Crippen LogP contribution in [0, 0.1) is 0 Å². The number of pyridine rings is 1. The van der Waals surface area contributed by atoms with E-state index in [2.05, 4.69) is 15.4 Å². The van der Waals surface area contributed by atoms with Gasteiger partial charge in [-0.3, -0.25) is 19.4 Å². The monoisotopic (exact) mass is 246 g/mol. The number of amides is 1. The van der Waals surface area contributed by atoms with E-state index in [0.29, 0.717) is 22.5 Å². The lowest BCUT2D eigenvalue weighted by molar-refractivity contribution is 0.0964. The fraction of sp³-hybridized carbons (Fsp3) is 0.417. The minimum Gasteiger partial charge on any atom is -0.355 e. The van der Waals surface area contributed by atoms with Crippen molar-refractivity contribution >= 4 is 16.9 Å². The van der Waals surface area contributed by atoms with Gasteiger partial charge in [0, 0.05) is 25.7 Å². The summed E-state index contributed by atoms with van der Waals surface area (Å²) in [6.45, 7) is 0. The van der Waals surface area contributed by atoms with Crippen LogP contribution in [0.3, 0.4) is 0 Å². The Hall–Kier alpha value is -2.11. The molecule has 2 N–H and O–H groups in total. The second kappa shape index (κ2) is 3.69. The van der Waals surface area contributed by atoms with Crippen LogP contribution in [0.25, 0.3) is 11.0 Å². The molecule has 0 bridgehead atoms. The third-order valence-corrected chi connectivity index (χ3v) is 3.30. The zero-order valence-corrected chi connectivity index (χ0v) is 10.3. The van der Waals surface area contributed by atoms with Crippen molar-refractivity contribution in [2.45, 2.75) is 18.8 Å². The van der Waals surface area contributed by atoms with Gasteiger partial charge in [0.1, 0.15) is 0 Å². The van der Waals surface area contributed by atoms with E-state index in [4.69, 9.17) is 0 Å². The summed E-state index contributed by atoms with van der Waals surface area (Å²) < 4.78 is 1.57. The highest BCUT2D eigenvalue weighted by Crippen LogP contribution is 2.39. The van der Waals surface area contributed by atoms with E-state index in [1.807, 2.05) is 0 Å². The predicted octanol–water partition coefficient (Wildman–Crippen LogP) is 0.499. The van der Waals surface area contributed by atoms with Gasteiger partial charge in [0.05, 0.1) is 10.9 Å². The Morgan fingerprint density at radius 1 is 1.56 bits per heavy atom. The zero-order valence-electron chi connectivity index (χ0n) is 10.3. The van der Waals surface area contributed by atoms with Crippen LogP contribution in [0.2, 0.25) is 0 Å². The second-order valence-corrected chi connectivity index (χ2v) is 4.65. The van der Waals surface area contributed by atoms with Crippen LogP contribution >= 0.6 is 0 Å². The Kier molecular flexibility index (Phi) is 2.26. The molecule has 0 atom stereocenters. The molecule has 0 saturated heterocycles. The number of H-pyrrole nitrogens is 1. The van der Waals surface area contributed by atoms with Crippen LogP contribution in [0.1, 0.15) is 34.8 Å². The third-order valence-electron chi connectivity index (χ3n) is 3.30. The number of nitrogens with zero attached hydrogens (tertiary/aromatic N) is 2. The number of hydrogen-bond donors (Lipinski definition) is 2. The van der Waals surface area contributed by atoms with E-state index in [1.165, 1.54) is 0 Å². The van der Waals surface area contributed by atoms with Crippen molar-refractivity contribution in [3.8, 4) is 0 Å². The van der Waals surface area contributed by atoms with Gasteiger partial charge in [-0.05, 0) is 18.9 Å². The number of fused-ring (bicyclic) bond motifs is 1. The largest absolute Gasteiger partial charge is 0.355 e. The van der Waals surface area contributed by atoms with Gasteiger partial charge in [0.2, 0.25) is 0 Å². The molecule has 2 aromatic heterocycles. The molecule has 1 aliphatic carbocycles. The van der Waals surface area contributed by atoms with E-state index in [-0.39, 0.29) is 11.5 Å². The minimum absolute atomic E-state index is 0.249. The number of rotatable bonds is 2. The summed E-state index contributed by atoms with van der Waals surface area (Å²) in [6, 6.07) is 1.74. The summed E-state index contributed by atoms with van der Waals surface area (Å²) in [7, 11) is 3.28. The summed E-state index contributed by atoms with van der Waals surface area (Å²) in [6.07, 6.45) is 2.20. The maximum atomic E-state index is 11.9. The third kappa shape index (κ3) is 1.53. The molecular formula is C12H14N4O2. The summed E-state index contributed by atoms with van der Waals surface area (Å²) in [5.74, 6) is 0.184. The smallest absolute Gasteiger partial charge is 0.274 e. The van der Waals surface area contributed by atoms with Gasteiger partial charge in [0.25, 0.3) is 11.5 Å². The quantitative estimate of drug-likeness (QED) is 0.809. The van der Waals surface area contributed by atoms with Crippen LogP contribution < -0.4 is 10.9 Å². The van der Waals surface area contributed by atoms with Gasteiger partial charge < -0.3 is 5.32 Å². The molecular weight excluding hydrogens is 232 g/mol. The van der Waals surface area contributed by atoms with Gasteiger partial charge in [-0.2, -0.15) is 0 Å². The number of aryl methyl sites for hydroxylation is 1. The summed E-state index contributed by atoms with van der Waals surface area (Å²) in [5.41, 5.74) is 1.57. The highest BCUT2D eigenvalue weighted by atomic mass is 16.2. The lowest BCUT2D eigenvalue weighted by atomic mass is 10.1. The molecule has 2 aromatic rings. The van der Waals surface area contributed by atoms with Crippen molar-refractivity contribution < 1.29 is 4.79 Å². The first-order valence-corrected chi connectivity index (χ1v) is 5.93. The lowest BCUT2D eigenvalue weighted by Crippen LogP contribution is -2.20. The number of aromatic nitrogens is 3. The van der Waals surface area contributed by atoms with Crippen LogP contribution in [-0.2, 0) is 7.05 Å². The molecule has 0 radical (unpaired) electrons. The zero-order chi connectivity index (χ0) is 12.9. The van der Waals surface area contributed by atoms with Crippen LogP contribution in [0.4, 0.5) is 0 Å². The Balaban J connectivity index is 2.35. The van der Waals surface area contributed by atoms with E-state index in [9.17, 15) is 9.59 Å². The second-order valence-electron chi connectivity index (χ2n) is 4.65.